The molecule has 0 aromatic rings. The van der Waals surface area contributed by atoms with Crippen molar-refractivity contribution in [2.24, 2.45) is 0 Å². The third-order valence-electron chi connectivity index (χ3n) is 2.29. The van der Waals surface area contributed by atoms with Gasteiger partial charge in [0.05, 0.1) is 6.61 Å². The number of aliphatic hydroxyl groups is 8. The minimum atomic E-state index is -3.08. The van der Waals surface area contributed by atoms with Crippen molar-refractivity contribution >= 4 is 5.78 Å². The van der Waals surface area contributed by atoms with Crippen LogP contribution in [0.25, 0.3) is 0 Å². The van der Waals surface area contributed by atoms with Gasteiger partial charge in [-0.05, 0) is 0 Å². The SMILES string of the molecule is O=C(CCC(O)(O)O)[C@H](O)[C@@H](O)[C@H](O)[C@H](O)CO. The Labute approximate surface area is 102 Å². The first-order chi connectivity index (χ1) is 8.10. The van der Waals surface area contributed by atoms with Gasteiger partial charge >= 0.3 is 0 Å². The molecular formula is C9H18O9. The van der Waals surface area contributed by atoms with Crippen LogP contribution in [0, 0.1) is 0 Å². The highest BCUT2D eigenvalue weighted by Gasteiger charge is 2.34. The monoisotopic (exact) mass is 270 g/mol. The summed E-state index contributed by atoms with van der Waals surface area (Å²) in [5, 5.41) is 70.8. The van der Waals surface area contributed by atoms with Crippen LogP contribution in [0.5, 0.6) is 0 Å². The van der Waals surface area contributed by atoms with E-state index in [0.717, 1.165) is 0 Å². The molecule has 0 unspecified atom stereocenters. The zero-order valence-electron chi connectivity index (χ0n) is 9.42. The van der Waals surface area contributed by atoms with Crippen LogP contribution in [0.2, 0.25) is 0 Å². The molecule has 0 rings (SSSR count). The van der Waals surface area contributed by atoms with Crippen LogP contribution in [0.4, 0.5) is 0 Å². The molecule has 0 aliphatic rings. The highest BCUT2D eigenvalue weighted by Crippen LogP contribution is 2.11. The zero-order chi connectivity index (χ0) is 14.5. The molecule has 0 bridgehead atoms. The molecule has 0 saturated carbocycles. The minimum absolute atomic E-state index is 0.677. The topological polar surface area (TPSA) is 179 Å². The average molecular weight is 270 g/mol. The molecule has 0 fully saturated rings. The number of rotatable bonds is 8. The summed E-state index contributed by atoms with van der Waals surface area (Å²) >= 11 is 0. The molecule has 9 heteroatoms. The van der Waals surface area contributed by atoms with Gasteiger partial charge in [-0.1, -0.05) is 0 Å². The number of aliphatic hydroxyl groups excluding tert-OH is 5. The fourth-order valence-electron chi connectivity index (χ4n) is 1.15. The molecule has 0 aliphatic heterocycles. The first kappa shape index (κ1) is 17.4. The zero-order valence-corrected chi connectivity index (χ0v) is 9.42. The molecule has 18 heavy (non-hydrogen) atoms. The van der Waals surface area contributed by atoms with Crippen molar-refractivity contribution in [3.63, 3.8) is 0 Å². The second-order valence-corrected chi connectivity index (χ2v) is 3.92. The van der Waals surface area contributed by atoms with Crippen molar-refractivity contribution in [2.45, 2.75) is 43.2 Å². The van der Waals surface area contributed by atoms with E-state index in [9.17, 15) is 20.1 Å². The molecule has 4 atom stereocenters. The van der Waals surface area contributed by atoms with Gasteiger partial charge in [0.15, 0.2) is 5.78 Å². The third kappa shape index (κ3) is 5.80. The van der Waals surface area contributed by atoms with Gasteiger partial charge in [-0.25, -0.2) is 0 Å². The Morgan fingerprint density at radius 1 is 1.00 bits per heavy atom. The Morgan fingerprint density at radius 3 is 1.89 bits per heavy atom. The third-order valence-corrected chi connectivity index (χ3v) is 2.29. The second-order valence-electron chi connectivity index (χ2n) is 3.92. The van der Waals surface area contributed by atoms with E-state index in [1.807, 2.05) is 0 Å². The summed E-state index contributed by atoms with van der Waals surface area (Å²) in [5.74, 6) is -4.16. The smallest absolute Gasteiger partial charge is 0.275 e. The summed E-state index contributed by atoms with van der Waals surface area (Å²) in [4.78, 5) is 11.2. The molecule has 0 amide bonds. The molecule has 0 spiro atoms. The summed E-state index contributed by atoms with van der Waals surface area (Å²) in [7, 11) is 0. The van der Waals surface area contributed by atoms with Gasteiger partial charge in [-0.15, -0.1) is 0 Å². The molecule has 0 radical (unpaired) electrons. The number of ketones is 1. The predicted octanol–water partition coefficient (Wildman–Crippen LogP) is -4.60. The van der Waals surface area contributed by atoms with Crippen LogP contribution in [0.3, 0.4) is 0 Å². The van der Waals surface area contributed by atoms with Crippen molar-refractivity contribution in [1.82, 2.24) is 0 Å². The molecule has 0 saturated heterocycles. The highest BCUT2D eigenvalue weighted by molar-refractivity contribution is 5.83. The van der Waals surface area contributed by atoms with Gasteiger partial charge in [0.2, 0.25) is 0 Å². The van der Waals surface area contributed by atoms with E-state index < -0.39 is 55.6 Å². The lowest BCUT2D eigenvalue weighted by molar-refractivity contribution is -0.314. The van der Waals surface area contributed by atoms with Gasteiger partial charge in [0.25, 0.3) is 5.97 Å². The summed E-state index contributed by atoms with van der Waals surface area (Å²) in [6, 6.07) is 0. The van der Waals surface area contributed by atoms with Crippen LogP contribution in [0.15, 0.2) is 0 Å². The lowest BCUT2D eigenvalue weighted by atomic mass is 9.98. The summed E-state index contributed by atoms with van der Waals surface area (Å²) in [6.07, 6.45) is -9.31. The van der Waals surface area contributed by atoms with Gasteiger partial charge < -0.3 is 40.9 Å². The Balaban J connectivity index is 4.36. The number of carbonyl (C=O) groups is 1. The molecule has 0 aromatic heterocycles. The molecular weight excluding hydrogens is 252 g/mol. The molecule has 0 heterocycles. The minimum Gasteiger partial charge on any atom is -0.394 e. The molecule has 9 nitrogen and oxygen atoms in total. The van der Waals surface area contributed by atoms with Crippen LogP contribution >= 0.6 is 0 Å². The van der Waals surface area contributed by atoms with Crippen molar-refractivity contribution < 1.29 is 45.6 Å². The summed E-state index contributed by atoms with van der Waals surface area (Å²) in [5.41, 5.74) is 0. The maximum absolute atomic E-state index is 11.2. The molecule has 8 N–H and O–H groups in total. The Kier molecular flexibility index (Phi) is 6.81. The van der Waals surface area contributed by atoms with Crippen molar-refractivity contribution in [2.75, 3.05) is 6.61 Å². The fraction of sp³-hybridized carbons (Fsp3) is 0.889. The van der Waals surface area contributed by atoms with Crippen molar-refractivity contribution in [1.29, 1.82) is 0 Å². The summed E-state index contributed by atoms with van der Waals surface area (Å²) in [6.45, 7) is -0.883. The average Bonchev–Trinajstić information content (AvgIpc) is 2.31. The van der Waals surface area contributed by atoms with Crippen LogP contribution < -0.4 is 0 Å². The highest BCUT2D eigenvalue weighted by atomic mass is 16.7. The second kappa shape index (κ2) is 7.07. The Morgan fingerprint density at radius 2 is 1.50 bits per heavy atom. The number of Topliss-reactive ketones (excluding diaryl/α,β-unsaturated/α-hetero) is 1. The molecule has 108 valence electrons. The number of hydrogen-bond acceptors (Lipinski definition) is 9. The number of carbonyl (C=O) groups excluding carboxylic acids is 1. The van der Waals surface area contributed by atoms with Gasteiger partial charge in [-0.3, -0.25) is 4.79 Å². The van der Waals surface area contributed by atoms with E-state index in [2.05, 4.69) is 0 Å². The maximum atomic E-state index is 11.2. The fourth-order valence-corrected chi connectivity index (χ4v) is 1.15. The quantitative estimate of drug-likeness (QED) is 0.201. The van der Waals surface area contributed by atoms with Gasteiger partial charge in [0, 0.05) is 12.8 Å². The predicted molar refractivity (Wildman–Crippen MR) is 54.7 cm³/mol. The first-order valence-electron chi connectivity index (χ1n) is 5.13. The molecule has 0 aromatic carbocycles. The van der Waals surface area contributed by atoms with E-state index in [-0.39, 0.29) is 0 Å². The van der Waals surface area contributed by atoms with E-state index >= 15 is 0 Å². The van der Waals surface area contributed by atoms with E-state index in [1.54, 1.807) is 0 Å². The van der Waals surface area contributed by atoms with Crippen LogP contribution in [-0.2, 0) is 4.79 Å². The lowest BCUT2D eigenvalue weighted by Gasteiger charge is -2.25. The molecule has 0 aliphatic carbocycles. The first-order valence-corrected chi connectivity index (χ1v) is 5.13. The van der Waals surface area contributed by atoms with E-state index in [0.29, 0.717) is 0 Å². The van der Waals surface area contributed by atoms with E-state index in [4.69, 9.17) is 25.5 Å². The van der Waals surface area contributed by atoms with Crippen molar-refractivity contribution in [3.05, 3.63) is 0 Å². The van der Waals surface area contributed by atoms with Crippen molar-refractivity contribution in [3.8, 4) is 0 Å². The van der Waals surface area contributed by atoms with Gasteiger partial charge in [0.1, 0.15) is 24.4 Å². The van der Waals surface area contributed by atoms with Crippen LogP contribution in [-0.4, -0.2) is 83.6 Å². The standard InChI is InChI=1S/C9H18O9/c10-3-5(12)7(14)8(15)6(13)4(11)1-2-9(16,17)18/h5-8,10,12-18H,1-3H2/t5-,6+,7-,8-/m1/s1. The lowest BCUT2D eigenvalue weighted by Crippen LogP contribution is -2.48. The van der Waals surface area contributed by atoms with Gasteiger partial charge in [-0.2, -0.15) is 0 Å². The maximum Gasteiger partial charge on any atom is 0.275 e. The Hall–Kier alpha value is -0.650. The Bertz CT molecular complexity index is 261. The van der Waals surface area contributed by atoms with Crippen LogP contribution in [0.1, 0.15) is 12.8 Å². The normalized spacial score (nSPS) is 19.1. The number of hydrogen-bond donors (Lipinski definition) is 8. The summed E-state index contributed by atoms with van der Waals surface area (Å²) < 4.78 is 0. The van der Waals surface area contributed by atoms with E-state index in [1.165, 1.54) is 0 Å². The largest absolute Gasteiger partial charge is 0.394 e.